The third-order valence-corrected chi connectivity index (χ3v) is 3.95. The maximum absolute atomic E-state index is 11.9. The van der Waals surface area contributed by atoms with E-state index in [-0.39, 0.29) is 25.8 Å². The Morgan fingerprint density at radius 3 is 2.37 bits per heavy atom. The molecule has 0 aromatic heterocycles. The summed E-state index contributed by atoms with van der Waals surface area (Å²) in [7, 11) is 0. The van der Waals surface area contributed by atoms with E-state index in [1.165, 1.54) is 0 Å². The highest BCUT2D eigenvalue weighted by Gasteiger charge is 2.19. The maximum atomic E-state index is 11.9. The van der Waals surface area contributed by atoms with Crippen LogP contribution in [0.25, 0.3) is 0 Å². The third-order valence-electron chi connectivity index (χ3n) is 3.95. The zero-order valence-corrected chi connectivity index (χ0v) is 16.4. The molecule has 1 rings (SSSR count). The quantitative estimate of drug-likeness (QED) is 0.223. The minimum absolute atomic E-state index is 0.0848. The van der Waals surface area contributed by atoms with Crippen LogP contribution in [0, 0.1) is 12.3 Å². The Hall–Kier alpha value is -3.74. The topological polar surface area (TPSA) is 157 Å². The fourth-order valence-corrected chi connectivity index (χ4v) is 2.45. The lowest BCUT2D eigenvalue weighted by atomic mass is 10.1. The van der Waals surface area contributed by atoms with Gasteiger partial charge in [0.15, 0.2) is 0 Å². The lowest BCUT2D eigenvalue weighted by Crippen LogP contribution is -2.46. The van der Waals surface area contributed by atoms with Crippen LogP contribution in [0.4, 0.5) is 15.3 Å². The van der Waals surface area contributed by atoms with Gasteiger partial charge in [0, 0.05) is 30.8 Å². The van der Waals surface area contributed by atoms with Gasteiger partial charge in [-0.2, -0.15) is 0 Å². The molecule has 0 bridgehead atoms. The molecule has 0 saturated heterocycles. The van der Waals surface area contributed by atoms with Crippen molar-refractivity contribution in [3.8, 4) is 12.3 Å². The molecule has 4 amide bonds. The van der Waals surface area contributed by atoms with Gasteiger partial charge in [0.2, 0.25) is 0 Å². The van der Waals surface area contributed by atoms with Crippen molar-refractivity contribution in [3.05, 3.63) is 29.8 Å². The number of carbonyl (C=O) groups excluding carboxylic acids is 2. The second kappa shape index (κ2) is 13.4. The van der Waals surface area contributed by atoms with Crippen LogP contribution in [0.15, 0.2) is 24.3 Å². The van der Waals surface area contributed by atoms with Gasteiger partial charge in [-0.3, -0.25) is 4.79 Å². The molecule has 10 nitrogen and oxygen atoms in total. The number of rotatable bonds is 12. The van der Waals surface area contributed by atoms with Crippen LogP contribution in [0.1, 0.15) is 37.7 Å². The van der Waals surface area contributed by atoms with Gasteiger partial charge < -0.3 is 31.5 Å². The summed E-state index contributed by atoms with van der Waals surface area (Å²) in [6.07, 6.45) is 6.64. The summed E-state index contributed by atoms with van der Waals surface area (Å²) in [5.41, 5.74) is 1.21. The van der Waals surface area contributed by atoms with Gasteiger partial charge in [-0.1, -0.05) is 12.0 Å². The first-order valence-corrected chi connectivity index (χ1v) is 9.42. The van der Waals surface area contributed by atoms with Crippen molar-refractivity contribution >= 4 is 29.7 Å². The Kier molecular flexibility index (Phi) is 10.9. The number of urea groups is 2. The Morgan fingerprint density at radius 1 is 1.00 bits per heavy atom. The minimum Gasteiger partial charge on any atom is -0.481 e. The first-order chi connectivity index (χ1) is 14.3. The number of aliphatic carboxylic acids is 2. The molecule has 0 heterocycles. The van der Waals surface area contributed by atoms with Crippen LogP contribution in [0.5, 0.6) is 0 Å². The smallest absolute Gasteiger partial charge is 0.326 e. The lowest BCUT2D eigenvalue weighted by molar-refractivity contribution is -0.139. The monoisotopic (exact) mass is 418 g/mol. The predicted octanol–water partition coefficient (Wildman–Crippen LogP) is 1.58. The van der Waals surface area contributed by atoms with Crippen molar-refractivity contribution in [1.82, 2.24) is 16.0 Å². The van der Waals surface area contributed by atoms with E-state index in [0.29, 0.717) is 30.6 Å². The molecule has 1 aromatic rings. The fraction of sp³-hybridized carbons (Fsp3) is 0.400. The Morgan fingerprint density at radius 2 is 1.70 bits per heavy atom. The van der Waals surface area contributed by atoms with Crippen LogP contribution in [-0.4, -0.2) is 53.3 Å². The van der Waals surface area contributed by atoms with Crippen molar-refractivity contribution in [2.24, 2.45) is 0 Å². The van der Waals surface area contributed by atoms with Crippen LogP contribution >= 0.6 is 0 Å². The van der Waals surface area contributed by atoms with Crippen LogP contribution in [0.2, 0.25) is 0 Å². The van der Waals surface area contributed by atoms with Crippen LogP contribution in [-0.2, 0) is 9.59 Å². The molecule has 0 aliphatic heterocycles. The summed E-state index contributed by atoms with van der Waals surface area (Å²) in [5, 5.41) is 27.8. The highest BCUT2D eigenvalue weighted by Crippen LogP contribution is 2.09. The van der Waals surface area contributed by atoms with Gasteiger partial charge in [-0.05, 0) is 43.9 Å². The van der Waals surface area contributed by atoms with Crippen molar-refractivity contribution in [2.75, 3.05) is 18.4 Å². The molecule has 162 valence electrons. The van der Waals surface area contributed by atoms with Gasteiger partial charge in [-0.25, -0.2) is 14.4 Å². The minimum atomic E-state index is -1.17. The van der Waals surface area contributed by atoms with E-state index in [2.05, 4.69) is 27.2 Å². The van der Waals surface area contributed by atoms with Crippen LogP contribution < -0.4 is 21.3 Å². The summed E-state index contributed by atoms with van der Waals surface area (Å²) >= 11 is 0. The van der Waals surface area contributed by atoms with Crippen molar-refractivity contribution in [3.63, 3.8) is 0 Å². The standard InChI is InChI=1S/C20H26N4O6/c1-2-14-7-5-8-15(13-14)23-19(29)21-11-4-3-9-16(18(27)28)24-20(30)22-12-6-10-17(25)26/h1,5,7-8,13,16H,3-4,6,9-12H2,(H,25,26)(H,27,28)(H2,21,23,29)(H2,22,24,30). The summed E-state index contributed by atoms with van der Waals surface area (Å²) in [4.78, 5) is 45.2. The molecule has 0 aliphatic carbocycles. The van der Waals surface area contributed by atoms with E-state index in [0.717, 1.165) is 0 Å². The zero-order valence-electron chi connectivity index (χ0n) is 16.4. The molecule has 0 fully saturated rings. The van der Waals surface area contributed by atoms with Gasteiger partial charge in [-0.15, -0.1) is 6.42 Å². The Labute approximate surface area is 174 Å². The van der Waals surface area contributed by atoms with Crippen molar-refractivity contribution in [2.45, 2.75) is 38.1 Å². The predicted molar refractivity (Wildman–Crippen MR) is 110 cm³/mol. The van der Waals surface area contributed by atoms with Gasteiger partial charge in [0.05, 0.1) is 0 Å². The third kappa shape index (κ3) is 10.6. The SMILES string of the molecule is C#Cc1cccc(NC(=O)NCCCCC(NC(=O)NCCCC(=O)O)C(=O)O)c1. The van der Waals surface area contributed by atoms with Gasteiger partial charge in [0.1, 0.15) is 6.04 Å². The number of amides is 4. The van der Waals surface area contributed by atoms with E-state index in [1.807, 2.05) is 0 Å². The molecule has 0 saturated carbocycles. The molecule has 1 unspecified atom stereocenters. The van der Waals surface area contributed by atoms with Gasteiger partial charge in [0.25, 0.3) is 0 Å². The number of terminal acetylenes is 1. The average molecular weight is 418 g/mol. The average Bonchev–Trinajstić information content (AvgIpc) is 2.69. The first kappa shape index (κ1) is 24.3. The van der Waals surface area contributed by atoms with E-state index in [9.17, 15) is 24.3 Å². The summed E-state index contributed by atoms with van der Waals surface area (Å²) in [5.74, 6) is 0.335. The normalized spacial score (nSPS) is 10.9. The number of unbranched alkanes of at least 4 members (excludes halogenated alkanes) is 1. The Bertz CT molecular complexity index is 790. The highest BCUT2D eigenvalue weighted by molar-refractivity contribution is 5.89. The van der Waals surface area contributed by atoms with Crippen molar-refractivity contribution < 1.29 is 29.4 Å². The number of benzene rings is 1. The second-order valence-corrected chi connectivity index (χ2v) is 6.39. The summed E-state index contributed by atoms with van der Waals surface area (Å²) < 4.78 is 0. The largest absolute Gasteiger partial charge is 0.481 e. The molecule has 1 aromatic carbocycles. The number of anilines is 1. The zero-order chi connectivity index (χ0) is 22.4. The second-order valence-electron chi connectivity index (χ2n) is 6.39. The van der Waals surface area contributed by atoms with E-state index < -0.39 is 30.0 Å². The molecule has 10 heteroatoms. The first-order valence-electron chi connectivity index (χ1n) is 9.42. The number of hydrogen-bond acceptors (Lipinski definition) is 4. The van der Waals surface area contributed by atoms with E-state index in [1.54, 1.807) is 24.3 Å². The molecule has 0 aliphatic rings. The lowest BCUT2D eigenvalue weighted by Gasteiger charge is -2.15. The molecule has 30 heavy (non-hydrogen) atoms. The molecular weight excluding hydrogens is 392 g/mol. The van der Waals surface area contributed by atoms with E-state index >= 15 is 0 Å². The highest BCUT2D eigenvalue weighted by atomic mass is 16.4. The summed E-state index contributed by atoms with van der Waals surface area (Å²) in [6.45, 7) is 0.460. The molecule has 0 spiro atoms. The number of carbonyl (C=O) groups is 4. The number of nitrogens with one attached hydrogen (secondary N) is 4. The maximum Gasteiger partial charge on any atom is 0.326 e. The number of hydrogen-bond donors (Lipinski definition) is 6. The number of carboxylic acids is 2. The number of carboxylic acid groups (broad SMARTS) is 2. The van der Waals surface area contributed by atoms with E-state index in [4.69, 9.17) is 11.5 Å². The molecular formula is C20H26N4O6. The molecule has 0 radical (unpaired) electrons. The molecule has 6 N–H and O–H groups in total. The Balaban J connectivity index is 2.25. The van der Waals surface area contributed by atoms with Crippen LogP contribution in [0.3, 0.4) is 0 Å². The fourth-order valence-electron chi connectivity index (χ4n) is 2.45. The van der Waals surface area contributed by atoms with Crippen molar-refractivity contribution in [1.29, 1.82) is 0 Å². The van der Waals surface area contributed by atoms with Gasteiger partial charge >= 0.3 is 24.0 Å². The summed E-state index contributed by atoms with van der Waals surface area (Å²) in [6, 6.07) is 4.69. The molecule has 1 atom stereocenters.